The quantitative estimate of drug-likeness (QED) is 0.881. The van der Waals surface area contributed by atoms with Crippen LogP contribution in [-0.4, -0.2) is 25.8 Å². The van der Waals surface area contributed by atoms with Gasteiger partial charge < -0.3 is 19.9 Å². The maximum atomic E-state index is 11.8. The standard InChI is InChI=1S/C14H15NO4S/c1-2-17-13(16)12-11(15)9-7-8(3-4-10(9)20-12)14-18-5-6-19-14/h3-4,7,14H,2,5-6,15H2,1H3. The van der Waals surface area contributed by atoms with Gasteiger partial charge in [0.25, 0.3) is 0 Å². The van der Waals surface area contributed by atoms with E-state index in [1.165, 1.54) is 11.3 Å². The summed E-state index contributed by atoms with van der Waals surface area (Å²) in [7, 11) is 0. The van der Waals surface area contributed by atoms with E-state index in [1.54, 1.807) is 6.92 Å². The number of ether oxygens (including phenoxy) is 3. The van der Waals surface area contributed by atoms with Crippen molar-refractivity contribution in [3.8, 4) is 0 Å². The Labute approximate surface area is 120 Å². The number of fused-ring (bicyclic) bond motifs is 1. The summed E-state index contributed by atoms with van der Waals surface area (Å²) in [4.78, 5) is 12.3. The number of nitrogens with two attached hydrogens (primary N) is 1. The second-order valence-corrected chi connectivity index (χ2v) is 5.45. The molecule has 20 heavy (non-hydrogen) atoms. The predicted octanol–water partition coefficient (Wildman–Crippen LogP) is 2.71. The van der Waals surface area contributed by atoms with Gasteiger partial charge in [-0.2, -0.15) is 0 Å². The Morgan fingerprint density at radius 2 is 2.20 bits per heavy atom. The van der Waals surface area contributed by atoms with Gasteiger partial charge in [-0.3, -0.25) is 0 Å². The number of hydrogen-bond donors (Lipinski definition) is 1. The zero-order chi connectivity index (χ0) is 14.1. The number of thiophene rings is 1. The van der Waals surface area contributed by atoms with Crippen molar-refractivity contribution in [1.82, 2.24) is 0 Å². The molecule has 1 aliphatic heterocycles. The van der Waals surface area contributed by atoms with Crippen LogP contribution in [-0.2, 0) is 14.2 Å². The number of carbonyl (C=O) groups excluding carboxylic acids is 1. The third-order valence-electron chi connectivity index (χ3n) is 3.11. The van der Waals surface area contributed by atoms with Crippen LogP contribution in [0.25, 0.3) is 10.1 Å². The minimum absolute atomic E-state index is 0.335. The summed E-state index contributed by atoms with van der Waals surface area (Å²) in [6.45, 7) is 3.29. The van der Waals surface area contributed by atoms with E-state index >= 15 is 0 Å². The summed E-state index contributed by atoms with van der Waals surface area (Å²) >= 11 is 1.34. The highest BCUT2D eigenvalue weighted by atomic mass is 32.1. The first-order valence-corrected chi connectivity index (χ1v) is 7.24. The van der Waals surface area contributed by atoms with E-state index in [4.69, 9.17) is 19.9 Å². The maximum Gasteiger partial charge on any atom is 0.350 e. The number of esters is 1. The number of anilines is 1. The highest BCUT2D eigenvalue weighted by Crippen LogP contribution is 2.36. The van der Waals surface area contributed by atoms with Crippen LogP contribution in [0, 0.1) is 0 Å². The summed E-state index contributed by atoms with van der Waals surface area (Å²) < 4.78 is 16.9. The van der Waals surface area contributed by atoms with Crippen LogP contribution in [0.3, 0.4) is 0 Å². The van der Waals surface area contributed by atoms with Crippen molar-refractivity contribution in [2.75, 3.05) is 25.6 Å². The minimum atomic E-state index is -0.374. The van der Waals surface area contributed by atoms with Gasteiger partial charge in [0, 0.05) is 15.6 Å². The van der Waals surface area contributed by atoms with Gasteiger partial charge in [-0.15, -0.1) is 11.3 Å². The first kappa shape index (κ1) is 13.4. The van der Waals surface area contributed by atoms with E-state index in [1.807, 2.05) is 18.2 Å². The lowest BCUT2D eigenvalue weighted by Gasteiger charge is -2.09. The van der Waals surface area contributed by atoms with Crippen LogP contribution in [0.15, 0.2) is 18.2 Å². The Bertz CT molecular complexity index is 646. The molecule has 0 atom stereocenters. The van der Waals surface area contributed by atoms with Crippen LogP contribution in [0.2, 0.25) is 0 Å². The van der Waals surface area contributed by atoms with Crippen molar-refractivity contribution in [1.29, 1.82) is 0 Å². The largest absolute Gasteiger partial charge is 0.462 e. The van der Waals surface area contributed by atoms with E-state index in [0.29, 0.717) is 30.4 Å². The van der Waals surface area contributed by atoms with Crippen molar-refractivity contribution < 1.29 is 19.0 Å². The van der Waals surface area contributed by atoms with E-state index in [9.17, 15) is 4.79 Å². The van der Waals surface area contributed by atoms with Crippen molar-refractivity contribution in [3.05, 3.63) is 28.6 Å². The SMILES string of the molecule is CCOC(=O)c1sc2ccc(C3OCCO3)cc2c1N. The van der Waals surface area contributed by atoms with Crippen molar-refractivity contribution >= 4 is 33.1 Å². The molecule has 2 aromatic rings. The highest BCUT2D eigenvalue weighted by molar-refractivity contribution is 7.21. The molecule has 0 aliphatic carbocycles. The molecular formula is C14H15NO4S. The summed E-state index contributed by atoms with van der Waals surface area (Å²) in [5.41, 5.74) is 7.44. The molecule has 0 unspecified atom stereocenters. The lowest BCUT2D eigenvalue weighted by Crippen LogP contribution is -2.04. The Morgan fingerprint density at radius 3 is 2.90 bits per heavy atom. The molecule has 106 valence electrons. The molecule has 1 saturated heterocycles. The fraction of sp³-hybridized carbons (Fsp3) is 0.357. The average molecular weight is 293 g/mol. The summed E-state index contributed by atoms with van der Waals surface area (Å²) in [5.74, 6) is -0.374. The second kappa shape index (κ2) is 5.40. The lowest BCUT2D eigenvalue weighted by molar-refractivity contribution is -0.0440. The molecule has 0 amide bonds. The molecule has 5 nitrogen and oxygen atoms in total. The van der Waals surface area contributed by atoms with E-state index in [-0.39, 0.29) is 12.3 Å². The van der Waals surface area contributed by atoms with Crippen LogP contribution >= 0.6 is 11.3 Å². The molecule has 3 rings (SSSR count). The smallest absolute Gasteiger partial charge is 0.350 e. The number of benzene rings is 1. The van der Waals surface area contributed by atoms with Gasteiger partial charge in [0.15, 0.2) is 6.29 Å². The van der Waals surface area contributed by atoms with Gasteiger partial charge >= 0.3 is 5.97 Å². The van der Waals surface area contributed by atoms with Gasteiger partial charge in [0.2, 0.25) is 0 Å². The first-order chi connectivity index (χ1) is 9.70. The molecular weight excluding hydrogens is 278 g/mol. The van der Waals surface area contributed by atoms with Crippen LogP contribution in [0.1, 0.15) is 28.4 Å². The molecule has 0 radical (unpaired) electrons. The predicted molar refractivity (Wildman–Crippen MR) is 76.8 cm³/mol. The third-order valence-corrected chi connectivity index (χ3v) is 4.27. The molecule has 6 heteroatoms. The molecule has 2 N–H and O–H groups in total. The van der Waals surface area contributed by atoms with E-state index in [2.05, 4.69) is 0 Å². The zero-order valence-electron chi connectivity index (χ0n) is 11.0. The van der Waals surface area contributed by atoms with Gasteiger partial charge in [-0.05, 0) is 19.1 Å². The van der Waals surface area contributed by atoms with Gasteiger partial charge in [0.05, 0.1) is 25.5 Å². The lowest BCUT2D eigenvalue weighted by atomic mass is 10.1. The molecule has 1 aromatic carbocycles. The third kappa shape index (κ3) is 2.26. The first-order valence-electron chi connectivity index (χ1n) is 6.43. The molecule has 0 bridgehead atoms. The van der Waals surface area contributed by atoms with E-state index in [0.717, 1.165) is 15.6 Å². The van der Waals surface area contributed by atoms with Gasteiger partial charge in [0.1, 0.15) is 4.88 Å². The topological polar surface area (TPSA) is 70.8 Å². The molecule has 0 spiro atoms. The van der Waals surface area contributed by atoms with Crippen LogP contribution in [0.5, 0.6) is 0 Å². The Balaban J connectivity index is 2.01. The highest BCUT2D eigenvalue weighted by Gasteiger charge is 2.21. The molecule has 0 saturated carbocycles. The maximum absolute atomic E-state index is 11.8. The Kier molecular flexibility index (Phi) is 3.60. The van der Waals surface area contributed by atoms with Crippen LogP contribution < -0.4 is 5.73 Å². The number of nitrogen functional groups attached to an aromatic ring is 1. The Hall–Kier alpha value is -1.63. The summed E-state index contributed by atoms with van der Waals surface area (Å²) in [6.07, 6.45) is -0.343. The zero-order valence-corrected chi connectivity index (χ0v) is 11.9. The fourth-order valence-corrected chi connectivity index (χ4v) is 3.18. The number of rotatable bonds is 3. The van der Waals surface area contributed by atoms with Gasteiger partial charge in [-0.1, -0.05) is 6.07 Å². The Morgan fingerprint density at radius 1 is 1.45 bits per heavy atom. The monoisotopic (exact) mass is 293 g/mol. The summed E-state index contributed by atoms with van der Waals surface area (Å²) in [6, 6.07) is 5.78. The van der Waals surface area contributed by atoms with Crippen molar-refractivity contribution in [2.45, 2.75) is 13.2 Å². The molecule has 1 aromatic heterocycles. The average Bonchev–Trinajstić information content (AvgIpc) is 3.07. The summed E-state index contributed by atoms with van der Waals surface area (Å²) in [5, 5.41) is 0.842. The molecule has 1 fully saturated rings. The minimum Gasteiger partial charge on any atom is -0.462 e. The fourth-order valence-electron chi connectivity index (χ4n) is 2.18. The normalized spacial score (nSPS) is 15.8. The van der Waals surface area contributed by atoms with Crippen molar-refractivity contribution in [3.63, 3.8) is 0 Å². The molecule has 1 aliphatic rings. The van der Waals surface area contributed by atoms with Gasteiger partial charge in [-0.25, -0.2) is 4.79 Å². The van der Waals surface area contributed by atoms with Crippen molar-refractivity contribution in [2.24, 2.45) is 0 Å². The number of carbonyl (C=O) groups is 1. The van der Waals surface area contributed by atoms with Crippen LogP contribution in [0.4, 0.5) is 5.69 Å². The second-order valence-electron chi connectivity index (χ2n) is 4.39. The van der Waals surface area contributed by atoms with E-state index < -0.39 is 0 Å². The number of hydrogen-bond acceptors (Lipinski definition) is 6. The molecule has 2 heterocycles.